The van der Waals surface area contributed by atoms with Gasteiger partial charge in [0.15, 0.2) is 0 Å². The summed E-state index contributed by atoms with van der Waals surface area (Å²) in [7, 11) is 6.72. The van der Waals surface area contributed by atoms with Gasteiger partial charge in [-0.2, -0.15) is 0 Å². The van der Waals surface area contributed by atoms with Crippen LogP contribution < -0.4 is 0 Å². The number of likely N-dealkylation sites (tertiary alicyclic amines) is 3. The van der Waals surface area contributed by atoms with Crippen LogP contribution in [0.15, 0.2) is 0 Å². The summed E-state index contributed by atoms with van der Waals surface area (Å²) in [4.78, 5) is 10.4. The van der Waals surface area contributed by atoms with Crippen molar-refractivity contribution in [3.05, 3.63) is 0 Å². The van der Waals surface area contributed by atoms with Gasteiger partial charge in [-0.3, -0.25) is 14.7 Å². The van der Waals surface area contributed by atoms with Crippen molar-refractivity contribution in [2.75, 3.05) is 53.9 Å². The molecule has 0 saturated carbocycles. The van der Waals surface area contributed by atoms with Crippen molar-refractivity contribution in [3.8, 4) is 0 Å². The van der Waals surface area contributed by atoms with Crippen molar-refractivity contribution < 1.29 is 0 Å². The van der Waals surface area contributed by atoms with Gasteiger partial charge >= 0.3 is 0 Å². The lowest BCUT2D eigenvalue weighted by atomic mass is 9.84. The molecule has 3 atom stereocenters. The van der Waals surface area contributed by atoms with Crippen molar-refractivity contribution in [3.63, 3.8) is 0 Å². The first-order valence-corrected chi connectivity index (χ1v) is 9.27. The Morgan fingerprint density at radius 3 is 2.05 bits per heavy atom. The fourth-order valence-corrected chi connectivity index (χ4v) is 4.45. The van der Waals surface area contributed by atoms with E-state index in [2.05, 4.69) is 54.6 Å². The average Bonchev–Trinajstić information content (AvgIpc) is 2.88. The van der Waals surface area contributed by atoms with E-state index in [1.54, 1.807) is 0 Å². The Morgan fingerprint density at radius 1 is 1.00 bits per heavy atom. The summed E-state index contributed by atoms with van der Waals surface area (Å²) in [6, 6.07) is 2.29. The molecule has 0 aromatic carbocycles. The molecule has 4 heteroatoms. The highest BCUT2D eigenvalue weighted by molar-refractivity contribution is 5.05. The fourth-order valence-electron chi connectivity index (χ4n) is 4.45. The SMILES string of the molecule is C[C@H](CC[C@H](C)N1CC(N(C)C)C1)N1CCC2(CCN2C)C1. The molecule has 0 aromatic rings. The maximum atomic E-state index is 2.75. The Labute approximate surface area is 137 Å². The number of rotatable bonds is 6. The van der Waals surface area contributed by atoms with Crippen LogP contribution in [-0.4, -0.2) is 97.1 Å². The molecule has 0 aromatic heterocycles. The highest BCUT2D eigenvalue weighted by Crippen LogP contribution is 2.38. The number of hydrogen-bond acceptors (Lipinski definition) is 4. The monoisotopic (exact) mass is 308 g/mol. The molecule has 1 spiro atoms. The third kappa shape index (κ3) is 3.08. The van der Waals surface area contributed by atoms with Crippen molar-refractivity contribution >= 4 is 0 Å². The fraction of sp³-hybridized carbons (Fsp3) is 1.00. The standard InChI is InChI=1S/C18H36N4/c1-15(21-11-9-18(14-21)8-10-20(18)5)6-7-16(2)22-12-17(13-22)19(3)4/h15-17H,6-14H2,1-5H3/t15-,16+,18?/m1/s1. The van der Waals surface area contributed by atoms with Crippen molar-refractivity contribution in [2.45, 2.75) is 63.2 Å². The lowest BCUT2D eigenvalue weighted by Gasteiger charge is -2.49. The second-order valence-corrected chi connectivity index (χ2v) is 8.46. The molecule has 0 amide bonds. The molecule has 0 bridgehead atoms. The zero-order valence-electron chi connectivity index (χ0n) is 15.4. The summed E-state index contributed by atoms with van der Waals surface area (Å²) in [6.07, 6.45) is 5.51. The zero-order chi connectivity index (χ0) is 15.9. The Hall–Kier alpha value is -0.160. The molecule has 3 aliphatic heterocycles. The minimum atomic E-state index is 0.552. The molecule has 1 unspecified atom stereocenters. The summed E-state index contributed by atoms with van der Waals surface area (Å²) in [5.74, 6) is 0. The molecule has 0 radical (unpaired) electrons. The van der Waals surface area contributed by atoms with Gasteiger partial charge in [-0.25, -0.2) is 0 Å². The molecule has 3 fully saturated rings. The summed E-state index contributed by atoms with van der Waals surface area (Å²) >= 11 is 0. The normalized spacial score (nSPS) is 34.1. The van der Waals surface area contributed by atoms with Gasteiger partial charge in [-0.05, 0) is 60.7 Å². The molecule has 3 aliphatic rings. The maximum absolute atomic E-state index is 2.75. The largest absolute Gasteiger partial charge is 0.304 e. The Bertz CT molecular complexity index is 379. The van der Waals surface area contributed by atoms with Crippen LogP contribution >= 0.6 is 0 Å². The van der Waals surface area contributed by atoms with Gasteiger partial charge in [-0.1, -0.05) is 0 Å². The molecular formula is C18H36N4. The highest BCUT2D eigenvalue weighted by Gasteiger charge is 2.47. The van der Waals surface area contributed by atoms with Crippen molar-refractivity contribution in [1.29, 1.82) is 0 Å². The number of hydrogen-bond donors (Lipinski definition) is 0. The van der Waals surface area contributed by atoms with Gasteiger partial charge in [0.25, 0.3) is 0 Å². The molecule has 3 saturated heterocycles. The first kappa shape index (κ1) is 16.7. The summed E-state index contributed by atoms with van der Waals surface area (Å²) < 4.78 is 0. The van der Waals surface area contributed by atoms with Crippen LogP contribution in [-0.2, 0) is 0 Å². The van der Waals surface area contributed by atoms with E-state index in [0.717, 1.165) is 18.1 Å². The number of likely N-dealkylation sites (N-methyl/N-ethyl adjacent to an activating group) is 2. The van der Waals surface area contributed by atoms with Crippen LogP contribution in [0.25, 0.3) is 0 Å². The van der Waals surface area contributed by atoms with E-state index in [1.165, 1.54) is 58.4 Å². The molecular weight excluding hydrogens is 272 g/mol. The van der Waals surface area contributed by atoms with Gasteiger partial charge < -0.3 is 4.90 Å². The Kier molecular flexibility index (Phi) is 4.84. The predicted octanol–water partition coefficient (Wildman–Crippen LogP) is 1.57. The molecule has 3 heterocycles. The highest BCUT2D eigenvalue weighted by atomic mass is 15.3. The van der Waals surface area contributed by atoms with E-state index >= 15 is 0 Å². The van der Waals surface area contributed by atoms with Gasteiger partial charge in [-0.15, -0.1) is 0 Å². The molecule has 0 aliphatic carbocycles. The molecule has 22 heavy (non-hydrogen) atoms. The van der Waals surface area contributed by atoms with Crippen molar-refractivity contribution in [1.82, 2.24) is 19.6 Å². The van der Waals surface area contributed by atoms with Crippen LogP contribution in [0.1, 0.15) is 39.5 Å². The molecule has 128 valence electrons. The van der Waals surface area contributed by atoms with E-state index in [4.69, 9.17) is 0 Å². The Morgan fingerprint density at radius 2 is 1.59 bits per heavy atom. The van der Waals surface area contributed by atoms with Crippen LogP contribution in [0.4, 0.5) is 0 Å². The minimum Gasteiger partial charge on any atom is -0.304 e. The van der Waals surface area contributed by atoms with Crippen LogP contribution in [0.3, 0.4) is 0 Å². The van der Waals surface area contributed by atoms with Crippen LogP contribution in [0, 0.1) is 0 Å². The van der Waals surface area contributed by atoms with E-state index in [1.807, 2.05) is 0 Å². The predicted molar refractivity (Wildman–Crippen MR) is 93.4 cm³/mol. The lowest BCUT2D eigenvalue weighted by molar-refractivity contribution is 0.0131. The molecule has 4 nitrogen and oxygen atoms in total. The quantitative estimate of drug-likeness (QED) is 0.738. The minimum absolute atomic E-state index is 0.552. The summed E-state index contributed by atoms with van der Waals surface area (Å²) in [5.41, 5.74) is 0.552. The third-order valence-electron chi connectivity index (χ3n) is 6.95. The molecule has 3 rings (SSSR count). The van der Waals surface area contributed by atoms with Gasteiger partial charge in [0, 0.05) is 56.4 Å². The second kappa shape index (κ2) is 6.39. The first-order chi connectivity index (χ1) is 10.4. The van der Waals surface area contributed by atoms with Gasteiger partial charge in [0.05, 0.1) is 0 Å². The maximum Gasteiger partial charge on any atom is 0.0357 e. The van der Waals surface area contributed by atoms with E-state index < -0.39 is 0 Å². The first-order valence-electron chi connectivity index (χ1n) is 9.27. The average molecular weight is 309 g/mol. The topological polar surface area (TPSA) is 13.0 Å². The third-order valence-corrected chi connectivity index (χ3v) is 6.95. The second-order valence-electron chi connectivity index (χ2n) is 8.46. The molecule has 0 N–H and O–H groups in total. The smallest absolute Gasteiger partial charge is 0.0357 e. The zero-order valence-corrected chi connectivity index (χ0v) is 15.4. The number of nitrogens with zero attached hydrogens (tertiary/aromatic N) is 4. The van der Waals surface area contributed by atoms with Crippen LogP contribution in [0.2, 0.25) is 0 Å². The van der Waals surface area contributed by atoms with Gasteiger partial charge in [0.2, 0.25) is 0 Å². The summed E-state index contributed by atoms with van der Waals surface area (Å²) in [5, 5.41) is 0. The van der Waals surface area contributed by atoms with Crippen LogP contribution in [0.5, 0.6) is 0 Å². The van der Waals surface area contributed by atoms with E-state index in [0.29, 0.717) is 5.54 Å². The van der Waals surface area contributed by atoms with E-state index in [9.17, 15) is 0 Å². The lowest BCUT2D eigenvalue weighted by Crippen LogP contribution is -2.60. The summed E-state index contributed by atoms with van der Waals surface area (Å²) in [6.45, 7) is 11.3. The van der Waals surface area contributed by atoms with Crippen molar-refractivity contribution in [2.24, 2.45) is 0 Å². The van der Waals surface area contributed by atoms with E-state index in [-0.39, 0.29) is 0 Å². The Balaban J connectivity index is 1.37. The van der Waals surface area contributed by atoms with Gasteiger partial charge in [0.1, 0.15) is 0 Å².